The number of hydrogen-bond acceptors (Lipinski definition) is 9. The van der Waals surface area contributed by atoms with Crippen LogP contribution in [0.4, 0.5) is 0 Å². The van der Waals surface area contributed by atoms with E-state index in [1.165, 1.54) is 12.5 Å². The van der Waals surface area contributed by atoms with E-state index in [1.807, 2.05) is 0 Å². The summed E-state index contributed by atoms with van der Waals surface area (Å²) in [5.74, 6) is -0.825. The van der Waals surface area contributed by atoms with Gasteiger partial charge in [-0.15, -0.1) is 5.92 Å². The van der Waals surface area contributed by atoms with Crippen molar-refractivity contribution in [1.82, 2.24) is 5.32 Å². The van der Waals surface area contributed by atoms with Crippen LogP contribution in [-0.4, -0.2) is 76.3 Å². The molecule has 12 nitrogen and oxygen atoms in total. The lowest BCUT2D eigenvalue weighted by atomic mass is 9.82. The summed E-state index contributed by atoms with van der Waals surface area (Å²) in [5, 5.41) is 33.8. The average molecular weight is 729 g/mol. The third kappa shape index (κ3) is 19.4. The van der Waals surface area contributed by atoms with Crippen molar-refractivity contribution >= 4 is 29.6 Å². The third-order valence-corrected chi connectivity index (χ3v) is 8.62. The first-order valence-corrected chi connectivity index (χ1v) is 18.6. The average Bonchev–Trinajstić information content (AvgIpc) is 3.11. The van der Waals surface area contributed by atoms with Crippen molar-refractivity contribution in [3.63, 3.8) is 0 Å². The van der Waals surface area contributed by atoms with E-state index in [1.54, 1.807) is 37.3 Å². The van der Waals surface area contributed by atoms with Crippen molar-refractivity contribution < 1.29 is 48.8 Å². The zero-order valence-electron chi connectivity index (χ0n) is 31.0. The first-order chi connectivity index (χ1) is 25.0. The van der Waals surface area contributed by atoms with Crippen LogP contribution in [0, 0.1) is 17.8 Å². The molecule has 0 saturated heterocycles. The number of amides is 1. The Balaban J connectivity index is 2.98. The second kappa shape index (κ2) is 27.4. The van der Waals surface area contributed by atoms with Crippen molar-refractivity contribution in [2.75, 3.05) is 19.8 Å². The molecule has 290 valence electrons. The molecule has 0 aliphatic carbocycles. The molecule has 0 spiro atoms. The molecular formula is C40H60N2O10. The molecule has 0 bridgehead atoms. The van der Waals surface area contributed by atoms with Crippen molar-refractivity contribution in [1.29, 1.82) is 0 Å². The highest BCUT2D eigenvalue weighted by atomic mass is 16.5. The van der Waals surface area contributed by atoms with Gasteiger partial charge in [-0.2, -0.15) is 0 Å². The van der Waals surface area contributed by atoms with Crippen molar-refractivity contribution in [2.24, 2.45) is 11.7 Å². The zero-order valence-corrected chi connectivity index (χ0v) is 31.0. The van der Waals surface area contributed by atoms with Crippen molar-refractivity contribution in [3.8, 4) is 17.6 Å². The lowest BCUT2D eigenvalue weighted by Gasteiger charge is -2.30. The van der Waals surface area contributed by atoms with E-state index in [-0.39, 0.29) is 25.4 Å². The van der Waals surface area contributed by atoms with Gasteiger partial charge in [0.05, 0.1) is 18.9 Å². The number of carboxylic acids is 2. The Kier molecular flexibility index (Phi) is 24.2. The Morgan fingerprint density at radius 1 is 0.904 bits per heavy atom. The fourth-order valence-electron chi connectivity index (χ4n) is 5.49. The van der Waals surface area contributed by atoms with Gasteiger partial charge in [0.15, 0.2) is 5.60 Å². The number of unbranched alkanes of at least 4 members (excludes halogenated alkanes) is 10. The molecule has 1 aromatic rings. The number of nitrogens with one attached hydrogen (secondary N) is 1. The van der Waals surface area contributed by atoms with Gasteiger partial charge < -0.3 is 35.8 Å². The monoisotopic (exact) mass is 728 g/mol. The topological polar surface area (TPSA) is 203 Å². The van der Waals surface area contributed by atoms with E-state index in [4.69, 9.17) is 15.2 Å². The number of carbonyl (C=O) groups is 5. The Morgan fingerprint density at radius 2 is 1.54 bits per heavy atom. The van der Waals surface area contributed by atoms with Crippen LogP contribution in [0.25, 0.3) is 0 Å². The molecule has 0 radical (unpaired) electrons. The minimum Gasteiger partial charge on any atom is -0.481 e. The van der Waals surface area contributed by atoms with E-state index >= 15 is 0 Å². The number of hydrogen-bond donors (Lipinski definition) is 5. The Labute approximate surface area is 308 Å². The van der Waals surface area contributed by atoms with Crippen LogP contribution in [0.1, 0.15) is 122 Å². The molecule has 1 aromatic carbocycles. The number of Topliss-reactive ketones (excluding diaryl/α,β-unsaturated/α-hetero) is 1. The number of aliphatic carboxylic acids is 2. The fraction of sp³-hybridized carbons (Fsp3) is 0.625. The fourth-order valence-corrected chi connectivity index (χ4v) is 5.49. The maximum atomic E-state index is 13.6. The SMILES string of the molecule is CC#CCOc1ccc(C[C@H](NC(=O)[C@@H](C=CCCCCCCC(=O)CCCCCCC)[C@@](O)(CC(=O)OCCCCCN)C(=O)O)C(=O)O)cc1. The standard InChI is InChI=1S/C40H60N2O10/c1-3-5-7-10-14-19-32(43)20-15-11-8-9-12-16-21-34(40(50,39(48)49)30-36(44)52-28-18-13-17-26-41)37(45)42-35(38(46)47)29-31-22-24-33(25-23-31)51-27-6-4-2/h16,21-25,34-35,50H,3,5,7-15,17-20,26-30,41H2,1-2H3,(H,42,45)(H,46,47)(H,48,49)/t34-,35+,40+/m1/s1. The van der Waals surface area contributed by atoms with E-state index in [9.17, 15) is 39.3 Å². The van der Waals surface area contributed by atoms with Crippen LogP contribution in [0.5, 0.6) is 5.75 Å². The van der Waals surface area contributed by atoms with Gasteiger partial charge in [-0.25, -0.2) is 9.59 Å². The summed E-state index contributed by atoms with van der Waals surface area (Å²) in [5.41, 5.74) is 3.11. The van der Waals surface area contributed by atoms with Crippen LogP contribution in [-0.2, 0) is 35.1 Å². The number of esters is 1. The summed E-state index contributed by atoms with van der Waals surface area (Å²) in [6.45, 7) is 4.49. The van der Waals surface area contributed by atoms with Crippen molar-refractivity contribution in [2.45, 2.75) is 135 Å². The number of nitrogens with two attached hydrogens (primary N) is 1. The van der Waals surface area contributed by atoms with Gasteiger partial charge >= 0.3 is 17.9 Å². The second-order valence-electron chi connectivity index (χ2n) is 13.0. The molecule has 1 rings (SSSR count). The predicted octanol–water partition coefficient (Wildman–Crippen LogP) is 5.52. The summed E-state index contributed by atoms with van der Waals surface area (Å²) in [6, 6.07) is 5.06. The second-order valence-corrected chi connectivity index (χ2v) is 13.0. The first-order valence-electron chi connectivity index (χ1n) is 18.6. The van der Waals surface area contributed by atoms with Crippen LogP contribution >= 0.6 is 0 Å². The van der Waals surface area contributed by atoms with Gasteiger partial charge in [-0.05, 0) is 76.1 Å². The van der Waals surface area contributed by atoms with Crippen LogP contribution in [0.2, 0.25) is 0 Å². The minimum absolute atomic E-state index is 0.0112. The maximum Gasteiger partial charge on any atom is 0.337 e. The van der Waals surface area contributed by atoms with Gasteiger partial charge in [0, 0.05) is 19.3 Å². The summed E-state index contributed by atoms with van der Waals surface area (Å²) in [4.78, 5) is 63.1. The molecule has 6 N–H and O–H groups in total. The maximum absolute atomic E-state index is 13.6. The highest BCUT2D eigenvalue weighted by Gasteiger charge is 2.49. The quantitative estimate of drug-likeness (QED) is 0.0289. The number of carboxylic acid groups (broad SMARTS) is 2. The number of aliphatic hydroxyl groups is 1. The normalized spacial score (nSPS) is 13.3. The lowest BCUT2D eigenvalue weighted by molar-refractivity contribution is -0.174. The molecule has 0 aliphatic rings. The highest BCUT2D eigenvalue weighted by Crippen LogP contribution is 2.26. The van der Waals surface area contributed by atoms with Crippen molar-refractivity contribution in [3.05, 3.63) is 42.0 Å². The van der Waals surface area contributed by atoms with E-state index < -0.39 is 47.8 Å². The molecule has 52 heavy (non-hydrogen) atoms. The molecule has 0 saturated carbocycles. The lowest BCUT2D eigenvalue weighted by Crippen LogP contribution is -2.55. The number of ether oxygens (including phenoxy) is 2. The Morgan fingerprint density at radius 3 is 2.13 bits per heavy atom. The number of benzene rings is 1. The number of carbonyl (C=O) groups excluding carboxylic acids is 3. The Hall–Kier alpha value is -4.21. The van der Waals surface area contributed by atoms with Gasteiger partial charge in [0.2, 0.25) is 5.91 Å². The smallest absolute Gasteiger partial charge is 0.337 e. The first kappa shape index (κ1) is 45.8. The molecule has 3 atom stereocenters. The van der Waals surface area contributed by atoms with Gasteiger partial charge in [0.1, 0.15) is 24.2 Å². The van der Waals surface area contributed by atoms with E-state index in [2.05, 4.69) is 24.1 Å². The molecule has 0 aromatic heterocycles. The largest absolute Gasteiger partial charge is 0.481 e. The van der Waals surface area contributed by atoms with Gasteiger partial charge in [-0.3, -0.25) is 14.4 Å². The number of ketones is 1. The number of allylic oxidation sites excluding steroid dienone is 1. The summed E-state index contributed by atoms with van der Waals surface area (Å²) in [7, 11) is 0. The van der Waals surface area contributed by atoms with E-state index in [0.29, 0.717) is 56.4 Å². The summed E-state index contributed by atoms with van der Waals surface area (Å²) in [6.07, 6.45) is 13.7. The van der Waals surface area contributed by atoms with Crippen LogP contribution in [0.15, 0.2) is 36.4 Å². The molecule has 0 fully saturated rings. The van der Waals surface area contributed by atoms with Crippen LogP contribution < -0.4 is 15.8 Å². The molecule has 1 amide bonds. The minimum atomic E-state index is -2.92. The number of rotatable bonds is 30. The van der Waals surface area contributed by atoms with Crippen LogP contribution in [0.3, 0.4) is 0 Å². The van der Waals surface area contributed by atoms with Gasteiger partial charge in [-0.1, -0.05) is 75.7 Å². The summed E-state index contributed by atoms with van der Waals surface area (Å²) < 4.78 is 10.6. The predicted molar refractivity (Wildman–Crippen MR) is 198 cm³/mol. The van der Waals surface area contributed by atoms with E-state index in [0.717, 1.165) is 51.4 Å². The third-order valence-electron chi connectivity index (χ3n) is 8.62. The Bertz CT molecular complexity index is 1320. The summed E-state index contributed by atoms with van der Waals surface area (Å²) >= 11 is 0. The van der Waals surface area contributed by atoms with Gasteiger partial charge in [0.25, 0.3) is 0 Å². The molecule has 0 unspecified atom stereocenters. The molecule has 12 heteroatoms. The molecule has 0 aliphatic heterocycles. The zero-order chi connectivity index (χ0) is 38.6. The highest BCUT2D eigenvalue weighted by molar-refractivity contribution is 5.95. The molecular weight excluding hydrogens is 668 g/mol. The molecule has 0 heterocycles.